The van der Waals surface area contributed by atoms with Crippen molar-refractivity contribution in [2.45, 2.75) is 0 Å². The first-order valence-corrected chi connectivity index (χ1v) is 15.5. The van der Waals surface area contributed by atoms with E-state index in [2.05, 4.69) is 45.4 Å². The Morgan fingerprint density at radius 2 is 1.37 bits per heavy atom. The molecule has 1 fully saturated rings. The zero-order chi connectivity index (χ0) is 14.4. The smallest absolute Gasteiger partial charge is 0.306 e. The van der Waals surface area contributed by atoms with Crippen molar-refractivity contribution in [3.8, 4) is 0 Å². The molecule has 0 bridgehead atoms. The lowest BCUT2D eigenvalue weighted by atomic mass is 9.96. The molecule has 0 radical (unpaired) electrons. The Labute approximate surface area is 147 Å². The van der Waals surface area contributed by atoms with Gasteiger partial charge in [-0.15, -0.1) is 0 Å². The van der Waals surface area contributed by atoms with Gasteiger partial charge in [-0.3, -0.25) is 0 Å². The van der Waals surface area contributed by atoms with Crippen LogP contribution in [0.4, 0.5) is 0 Å². The SMILES string of the molecule is ClP1(Cl)=NP(Cl)(Cl)=NP2(=N1)OCC(CBr)(CBr)CO2. The summed E-state index contributed by atoms with van der Waals surface area (Å²) < 4.78 is 23.6. The lowest BCUT2D eigenvalue weighted by Crippen LogP contribution is -2.38. The highest BCUT2D eigenvalue weighted by molar-refractivity contribution is 9.09. The standard InChI is InChI=1S/C5H8Br2Cl4N3O2P3/c6-1-5(2-7)3-15-19(16-4-5)13-17(8,9)12-18(10,11)14-19/h1-4H2. The van der Waals surface area contributed by atoms with Crippen LogP contribution in [-0.4, -0.2) is 23.9 Å². The third kappa shape index (κ3) is 4.38. The minimum atomic E-state index is -2.99. The van der Waals surface area contributed by atoms with Crippen molar-refractivity contribution in [1.29, 1.82) is 0 Å². The monoisotopic (exact) mass is 533 g/mol. The van der Waals surface area contributed by atoms with E-state index in [-0.39, 0.29) is 5.41 Å². The number of nitrogens with zero attached hydrogens (tertiary/aromatic N) is 3. The number of alkyl halides is 2. The van der Waals surface area contributed by atoms with Crippen LogP contribution in [0.2, 0.25) is 0 Å². The number of hydrogen-bond acceptors (Lipinski definition) is 5. The van der Waals surface area contributed by atoms with Gasteiger partial charge in [0, 0.05) is 16.1 Å². The molecule has 0 amide bonds. The lowest BCUT2D eigenvalue weighted by molar-refractivity contribution is 0.0652. The zero-order valence-corrected chi connectivity index (χ0v) is 18.0. The van der Waals surface area contributed by atoms with Crippen LogP contribution in [0, 0.1) is 5.41 Å². The molecule has 2 aliphatic rings. The van der Waals surface area contributed by atoms with Crippen LogP contribution in [0.3, 0.4) is 0 Å². The summed E-state index contributed by atoms with van der Waals surface area (Å²) in [5.74, 6) is -5.98. The van der Waals surface area contributed by atoms with Crippen molar-refractivity contribution >= 4 is 96.3 Å². The maximum absolute atomic E-state index is 6.01. The summed E-state index contributed by atoms with van der Waals surface area (Å²) in [5.41, 5.74) is -0.190. The molecule has 1 saturated heterocycles. The molecule has 0 aliphatic carbocycles. The van der Waals surface area contributed by atoms with E-state index in [0.29, 0.717) is 23.9 Å². The molecule has 0 N–H and O–H groups in total. The molecule has 0 aromatic rings. The predicted octanol–water partition coefficient (Wildman–Crippen LogP) is 7.62. The van der Waals surface area contributed by atoms with Gasteiger partial charge in [0.1, 0.15) is 0 Å². The van der Waals surface area contributed by atoms with Gasteiger partial charge in [-0.2, -0.15) is 13.5 Å². The number of halogens is 6. The van der Waals surface area contributed by atoms with Gasteiger partial charge in [0.15, 0.2) is 0 Å². The van der Waals surface area contributed by atoms with E-state index in [4.69, 9.17) is 54.0 Å². The van der Waals surface area contributed by atoms with Gasteiger partial charge in [-0.25, -0.2) is 0 Å². The summed E-state index contributed by atoms with van der Waals surface area (Å²) in [6.45, 7) is 0.789. The Morgan fingerprint density at radius 1 is 0.895 bits per heavy atom. The fourth-order valence-electron chi connectivity index (χ4n) is 1.27. The van der Waals surface area contributed by atoms with E-state index in [9.17, 15) is 0 Å². The van der Waals surface area contributed by atoms with Crippen molar-refractivity contribution in [3.63, 3.8) is 0 Å². The molecule has 2 rings (SSSR count). The second-order valence-corrected chi connectivity index (χ2v) is 17.3. The van der Waals surface area contributed by atoms with Gasteiger partial charge in [-0.1, -0.05) is 31.9 Å². The van der Waals surface area contributed by atoms with Crippen LogP contribution in [0.25, 0.3) is 0 Å². The average Bonchev–Trinajstić information content (AvgIpc) is 2.26. The summed E-state index contributed by atoms with van der Waals surface area (Å²) in [6, 6.07) is 0. The molecular formula is C5H8Br2Cl4N3O2P3. The highest BCUT2D eigenvalue weighted by Gasteiger charge is 2.44. The molecule has 2 aliphatic heterocycles. The first-order chi connectivity index (χ1) is 8.66. The Kier molecular flexibility index (Phi) is 6.01. The van der Waals surface area contributed by atoms with E-state index in [1.54, 1.807) is 0 Å². The van der Waals surface area contributed by atoms with Crippen LogP contribution in [0.15, 0.2) is 13.5 Å². The molecule has 0 aromatic heterocycles. The minimum absolute atomic E-state index is 0.190. The van der Waals surface area contributed by atoms with Crippen molar-refractivity contribution in [2.75, 3.05) is 23.9 Å². The summed E-state index contributed by atoms with van der Waals surface area (Å²) >= 11 is 30.9. The van der Waals surface area contributed by atoms with Crippen LogP contribution in [0.1, 0.15) is 0 Å². The highest BCUT2D eigenvalue weighted by Crippen LogP contribution is 2.86. The molecule has 19 heavy (non-hydrogen) atoms. The van der Waals surface area contributed by atoms with Gasteiger partial charge >= 0.3 is 7.66 Å². The van der Waals surface area contributed by atoms with Gasteiger partial charge in [0.2, 0.25) is 0 Å². The van der Waals surface area contributed by atoms with Crippen molar-refractivity contribution < 1.29 is 9.05 Å². The maximum atomic E-state index is 6.01. The minimum Gasteiger partial charge on any atom is -0.306 e. The summed E-state index contributed by atoms with van der Waals surface area (Å²) in [5, 5.41) is 1.42. The van der Waals surface area contributed by atoms with E-state index >= 15 is 0 Å². The fraction of sp³-hybridized carbons (Fsp3) is 1.00. The van der Waals surface area contributed by atoms with Crippen LogP contribution >= 0.6 is 96.3 Å². The fourth-order valence-corrected chi connectivity index (χ4v) is 17.1. The highest BCUT2D eigenvalue weighted by atomic mass is 79.9. The Balaban J connectivity index is 2.37. The van der Waals surface area contributed by atoms with Crippen LogP contribution < -0.4 is 0 Å². The van der Waals surface area contributed by atoms with E-state index < -0.39 is 19.5 Å². The normalized spacial score (nSPS) is 30.0. The Morgan fingerprint density at radius 3 is 1.79 bits per heavy atom. The zero-order valence-electron chi connectivity index (χ0n) is 9.10. The van der Waals surface area contributed by atoms with Crippen LogP contribution in [0.5, 0.6) is 0 Å². The maximum Gasteiger partial charge on any atom is 0.345 e. The van der Waals surface area contributed by atoms with Gasteiger partial charge in [0.25, 0.3) is 11.8 Å². The van der Waals surface area contributed by atoms with Crippen molar-refractivity contribution in [3.05, 3.63) is 0 Å². The molecule has 14 heteroatoms. The third-order valence-electron chi connectivity index (χ3n) is 2.30. The Bertz CT molecular complexity index is 520. The second kappa shape index (κ2) is 6.32. The van der Waals surface area contributed by atoms with Gasteiger partial charge in [0.05, 0.1) is 13.2 Å². The molecule has 2 heterocycles. The molecule has 0 unspecified atom stereocenters. The van der Waals surface area contributed by atoms with Crippen molar-refractivity contribution in [2.24, 2.45) is 19.0 Å². The third-order valence-corrected chi connectivity index (χ3v) is 15.7. The number of rotatable bonds is 2. The first kappa shape index (κ1) is 18.1. The topological polar surface area (TPSA) is 55.5 Å². The molecule has 0 aromatic carbocycles. The largest absolute Gasteiger partial charge is 0.345 e. The number of hydrogen-bond donors (Lipinski definition) is 0. The molecular weight excluding hydrogens is 529 g/mol. The molecule has 5 nitrogen and oxygen atoms in total. The summed E-state index contributed by atoms with van der Waals surface area (Å²) in [6.07, 6.45) is 0. The van der Waals surface area contributed by atoms with E-state index in [1.807, 2.05) is 0 Å². The molecule has 0 atom stereocenters. The van der Waals surface area contributed by atoms with Crippen LogP contribution in [-0.2, 0) is 9.05 Å². The second-order valence-electron chi connectivity index (χ2n) is 3.98. The molecule has 112 valence electrons. The average molecular weight is 537 g/mol. The first-order valence-electron chi connectivity index (χ1n) is 4.77. The van der Waals surface area contributed by atoms with Gasteiger partial charge < -0.3 is 9.05 Å². The summed E-state index contributed by atoms with van der Waals surface area (Å²) in [4.78, 5) is 0. The van der Waals surface area contributed by atoms with E-state index in [1.165, 1.54) is 0 Å². The summed E-state index contributed by atoms with van der Waals surface area (Å²) in [7, 11) is -2.95. The van der Waals surface area contributed by atoms with Gasteiger partial charge in [-0.05, 0) is 45.0 Å². The van der Waals surface area contributed by atoms with E-state index in [0.717, 1.165) is 0 Å². The molecule has 1 spiro atoms. The molecule has 0 saturated carbocycles. The lowest BCUT2D eigenvalue weighted by Gasteiger charge is -2.38. The van der Waals surface area contributed by atoms with Crippen molar-refractivity contribution in [1.82, 2.24) is 0 Å². The quantitative estimate of drug-likeness (QED) is 0.269. The Hall–Kier alpha value is 2.73. The predicted molar refractivity (Wildman–Crippen MR) is 93.4 cm³/mol.